The Labute approximate surface area is 81.3 Å². The van der Waals surface area contributed by atoms with Crippen LogP contribution in [0.15, 0.2) is 0 Å². The molecule has 1 fully saturated rings. The molecule has 1 aliphatic heterocycles. The molecule has 1 atom stereocenters. The van der Waals surface area contributed by atoms with Gasteiger partial charge in [-0.1, -0.05) is 20.3 Å². The second-order valence-electron chi connectivity index (χ2n) is 3.71. The normalized spacial score (nSPS) is 23.2. The summed E-state index contributed by atoms with van der Waals surface area (Å²) in [5, 5.41) is 0. The van der Waals surface area contributed by atoms with Gasteiger partial charge < -0.3 is 10.6 Å². The van der Waals surface area contributed by atoms with E-state index in [0.717, 1.165) is 25.9 Å². The second-order valence-corrected chi connectivity index (χ2v) is 3.71. The Hall–Kier alpha value is -0.570. The summed E-state index contributed by atoms with van der Waals surface area (Å²) in [6, 6.07) is 0. The van der Waals surface area contributed by atoms with Crippen molar-refractivity contribution in [2.24, 2.45) is 11.7 Å². The number of hydrogen-bond donors (Lipinski definition) is 1. The summed E-state index contributed by atoms with van der Waals surface area (Å²) >= 11 is 0. The molecule has 13 heavy (non-hydrogen) atoms. The highest BCUT2D eigenvalue weighted by atomic mass is 16.1. The van der Waals surface area contributed by atoms with Crippen molar-refractivity contribution in [2.75, 3.05) is 20.1 Å². The molecule has 78 valence electrons. The zero-order valence-electron chi connectivity index (χ0n) is 9.05. The van der Waals surface area contributed by atoms with Crippen LogP contribution in [0.2, 0.25) is 0 Å². The van der Waals surface area contributed by atoms with Crippen molar-refractivity contribution in [3.8, 4) is 0 Å². The Balaban J connectivity index is 0.000000424. The van der Waals surface area contributed by atoms with Gasteiger partial charge in [-0.15, -0.1) is 0 Å². The highest BCUT2D eigenvalue weighted by Gasteiger charge is 2.20. The Kier molecular flexibility index (Phi) is 6.59. The molecule has 1 unspecified atom stereocenters. The quantitative estimate of drug-likeness (QED) is 0.669. The van der Waals surface area contributed by atoms with Crippen molar-refractivity contribution < 1.29 is 4.79 Å². The number of carbonyl (C=O) groups is 1. The lowest BCUT2D eigenvalue weighted by molar-refractivity contribution is -0.123. The topological polar surface area (TPSA) is 46.3 Å². The van der Waals surface area contributed by atoms with Crippen molar-refractivity contribution in [1.82, 2.24) is 4.90 Å². The van der Waals surface area contributed by atoms with Crippen LogP contribution in [0.5, 0.6) is 0 Å². The van der Waals surface area contributed by atoms with Gasteiger partial charge in [0.15, 0.2) is 0 Å². The first kappa shape index (κ1) is 12.4. The molecular formula is C10H22N2O. The van der Waals surface area contributed by atoms with Crippen LogP contribution >= 0.6 is 0 Å². The third kappa shape index (κ3) is 5.64. The van der Waals surface area contributed by atoms with Gasteiger partial charge in [-0.05, 0) is 26.4 Å². The van der Waals surface area contributed by atoms with Gasteiger partial charge in [-0.2, -0.15) is 0 Å². The fraction of sp³-hybridized carbons (Fsp3) is 0.900. The fourth-order valence-electron chi connectivity index (χ4n) is 1.40. The average Bonchev–Trinajstić information content (AvgIpc) is 2.05. The number of amides is 1. The first-order valence-corrected chi connectivity index (χ1v) is 5.09. The van der Waals surface area contributed by atoms with Gasteiger partial charge in [0, 0.05) is 6.54 Å². The van der Waals surface area contributed by atoms with Gasteiger partial charge in [0.05, 0.1) is 5.92 Å². The number of rotatable bonds is 1. The van der Waals surface area contributed by atoms with Gasteiger partial charge in [0.1, 0.15) is 0 Å². The summed E-state index contributed by atoms with van der Waals surface area (Å²) in [5.41, 5.74) is 5.16. The molecule has 0 radical (unpaired) electrons. The molecule has 1 aliphatic rings. The SMILES string of the molecule is CCC.CN1CCCC(C(N)=O)C1. The molecule has 0 aromatic rings. The molecule has 1 rings (SSSR count). The predicted octanol–water partition coefficient (Wildman–Crippen LogP) is 1.23. The van der Waals surface area contributed by atoms with Gasteiger partial charge in [0.2, 0.25) is 5.91 Å². The molecule has 3 nitrogen and oxygen atoms in total. The van der Waals surface area contributed by atoms with Crippen LogP contribution in [-0.2, 0) is 4.79 Å². The Bertz CT molecular complexity index is 148. The van der Waals surface area contributed by atoms with Crippen molar-refractivity contribution in [3.63, 3.8) is 0 Å². The van der Waals surface area contributed by atoms with Crippen LogP contribution in [0.1, 0.15) is 33.1 Å². The Morgan fingerprint density at radius 2 is 2.08 bits per heavy atom. The number of likely N-dealkylation sites (tertiary alicyclic amines) is 1. The molecule has 0 bridgehead atoms. The molecule has 3 heteroatoms. The van der Waals surface area contributed by atoms with Crippen LogP contribution in [0.3, 0.4) is 0 Å². The predicted molar refractivity (Wildman–Crippen MR) is 55.4 cm³/mol. The van der Waals surface area contributed by atoms with E-state index in [9.17, 15) is 4.79 Å². The standard InChI is InChI=1S/C7H14N2O.C3H8/c1-9-4-2-3-6(5-9)7(8)10;1-3-2/h6H,2-5H2,1H3,(H2,8,10);3H2,1-2H3. The third-order valence-electron chi connectivity index (χ3n) is 2.03. The molecular weight excluding hydrogens is 164 g/mol. The maximum atomic E-state index is 10.7. The van der Waals surface area contributed by atoms with Crippen LogP contribution in [0, 0.1) is 5.92 Å². The number of carbonyl (C=O) groups excluding carboxylic acids is 1. The molecule has 0 saturated carbocycles. The molecule has 0 spiro atoms. The molecule has 0 aromatic heterocycles. The Morgan fingerprint density at radius 1 is 1.54 bits per heavy atom. The van der Waals surface area contributed by atoms with Crippen LogP contribution in [0.25, 0.3) is 0 Å². The van der Waals surface area contributed by atoms with E-state index in [1.165, 1.54) is 6.42 Å². The maximum absolute atomic E-state index is 10.7. The van der Waals surface area contributed by atoms with Crippen molar-refractivity contribution in [3.05, 3.63) is 0 Å². The monoisotopic (exact) mass is 186 g/mol. The first-order valence-electron chi connectivity index (χ1n) is 5.09. The molecule has 1 amide bonds. The van der Waals surface area contributed by atoms with Crippen LogP contribution in [0.4, 0.5) is 0 Å². The van der Waals surface area contributed by atoms with Gasteiger partial charge in [0.25, 0.3) is 0 Å². The lowest BCUT2D eigenvalue weighted by atomic mass is 9.98. The van der Waals surface area contributed by atoms with E-state index in [1.54, 1.807) is 0 Å². The number of nitrogens with two attached hydrogens (primary N) is 1. The molecule has 0 aromatic carbocycles. The van der Waals surface area contributed by atoms with E-state index < -0.39 is 0 Å². The van der Waals surface area contributed by atoms with Crippen LogP contribution in [-0.4, -0.2) is 30.9 Å². The molecule has 2 N–H and O–H groups in total. The molecule has 1 heterocycles. The van der Waals surface area contributed by atoms with Gasteiger partial charge in [-0.25, -0.2) is 0 Å². The summed E-state index contributed by atoms with van der Waals surface area (Å²) in [6.45, 7) is 6.19. The summed E-state index contributed by atoms with van der Waals surface area (Å²) < 4.78 is 0. The minimum Gasteiger partial charge on any atom is -0.369 e. The number of primary amides is 1. The summed E-state index contributed by atoms with van der Waals surface area (Å²) in [7, 11) is 2.02. The van der Waals surface area contributed by atoms with Crippen molar-refractivity contribution in [2.45, 2.75) is 33.1 Å². The molecule has 1 saturated heterocycles. The van der Waals surface area contributed by atoms with Crippen LogP contribution < -0.4 is 5.73 Å². The summed E-state index contributed by atoms with van der Waals surface area (Å²) in [5.74, 6) is -0.0506. The van der Waals surface area contributed by atoms with E-state index >= 15 is 0 Å². The Morgan fingerprint density at radius 3 is 2.38 bits per heavy atom. The van der Waals surface area contributed by atoms with E-state index in [0.29, 0.717) is 0 Å². The van der Waals surface area contributed by atoms with E-state index in [-0.39, 0.29) is 11.8 Å². The van der Waals surface area contributed by atoms with Gasteiger partial charge in [-0.3, -0.25) is 4.79 Å². The molecule has 0 aliphatic carbocycles. The number of hydrogen-bond acceptors (Lipinski definition) is 2. The minimum atomic E-state index is -0.147. The second kappa shape index (κ2) is 6.89. The van der Waals surface area contributed by atoms with E-state index in [4.69, 9.17) is 5.73 Å². The first-order chi connectivity index (χ1) is 6.11. The van der Waals surface area contributed by atoms with Crippen molar-refractivity contribution in [1.29, 1.82) is 0 Å². The summed E-state index contributed by atoms with van der Waals surface area (Å²) in [4.78, 5) is 12.8. The van der Waals surface area contributed by atoms with E-state index in [1.807, 2.05) is 7.05 Å². The largest absolute Gasteiger partial charge is 0.369 e. The third-order valence-corrected chi connectivity index (χ3v) is 2.03. The summed E-state index contributed by atoms with van der Waals surface area (Å²) in [6.07, 6.45) is 3.32. The zero-order valence-corrected chi connectivity index (χ0v) is 9.05. The smallest absolute Gasteiger partial charge is 0.221 e. The highest BCUT2D eigenvalue weighted by molar-refractivity contribution is 5.76. The van der Waals surface area contributed by atoms with Crippen molar-refractivity contribution >= 4 is 5.91 Å². The lowest BCUT2D eigenvalue weighted by Crippen LogP contribution is -2.38. The average molecular weight is 186 g/mol. The van der Waals surface area contributed by atoms with Gasteiger partial charge >= 0.3 is 0 Å². The minimum absolute atomic E-state index is 0.0961. The maximum Gasteiger partial charge on any atom is 0.221 e. The highest BCUT2D eigenvalue weighted by Crippen LogP contribution is 2.13. The zero-order chi connectivity index (χ0) is 10.3. The fourth-order valence-corrected chi connectivity index (χ4v) is 1.40. The number of piperidine rings is 1. The number of nitrogens with zero attached hydrogens (tertiary/aromatic N) is 1. The lowest BCUT2D eigenvalue weighted by Gasteiger charge is -2.27. The van der Waals surface area contributed by atoms with E-state index in [2.05, 4.69) is 18.7 Å².